The second-order valence-electron chi connectivity index (χ2n) is 9.25. The van der Waals surface area contributed by atoms with Crippen molar-refractivity contribution in [1.29, 1.82) is 0 Å². The average Bonchev–Trinajstić information content (AvgIpc) is 2.82. The fourth-order valence-electron chi connectivity index (χ4n) is 4.45. The van der Waals surface area contributed by atoms with Gasteiger partial charge in [0, 0.05) is 17.6 Å². The highest BCUT2D eigenvalue weighted by Gasteiger charge is 2.43. The number of hydrogen-bond donors (Lipinski definition) is 5. The SMILES string of the molecule is CCC(NC(=O)C(CC(N)=O)NC(=O)c1ccc2ccccc2n1)[Si](O)(O)CN1CCCCC1C. The number of carbonyl (C=O) groups is 3. The number of piperidine rings is 1. The molecule has 35 heavy (non-hydrogen) atoms. The summed E-state index contributed by atoms with van der Waals surface area (Å²) in [5, 5.41) is 6.04. The summed E-state index contributed by atoms with van der Waals surface area (Å²) in [7, 11) is -3.89. The molecule has 3 unspecified atom stereocenters. The van der Waals surface area contributed by atoms with Crippen molar-refractivity contribution in [3.63, 3.8) is 0 Å². The zero-order chi connectivity index (χ0) is 25.6. The number of nitrogens with zero attached hydrogens (tertiary/aromatic N) is 2. The monoisotopic (exact) mass is 501 g/mol. The van der Waals surface area contributed by atoms with Crippen LogP contribution in [0.5, 0.6) is 0 Å². The zero-order valence-corrected chi connectivity index (χ0v) is 21.2. The third kappa shape index (κ3) is 7.07. The summed E-state index contributed by atoms with van der Waals surface area (Å²) in [6, 6.07) is 9.52. The Hall–Kier alpha value is -2.86. The van der Waals surface area contributed by atoms with Crippen molar-refractivity contribution in [3.8, 4) is 0 Å². The van der Waals surface area contributed by atoms with E-state index in [-0.39, 0.29) is 24.3 Å². The predicted octanol–water partition coefficient (Wildman–Crippen LogP) is 0.483. The van der Waals surface area contributed by atoms with E-state index in [1.54, 1.807) is 25.1 Å². The largest absolute Gasteiger partial charge is 0.409 e. The summed E-state index contributed by atoms with van der Waals surface area (Å²) in [5.41, 5.74) is 5.15. The molecular weight excluding hydrogens is 466 g/mol. The van der Waals surface area contributed by atoms with Gasteiger partial charge in [0.1, 0.15) is 11.7 Å². The Labute approximate surface area is 206 Å². The summed E-state index contributed by atoms with van der Waals surface area (Å²) < 4.78 is 0. The molecule has 6 N–H and O–H groups in total. The van der Waals surface area contributed by atoms with Crippen molar-refractivity contribution in [3.05, 3.63) is 42.1 Å². The van der Waals surface area contributed by atoms with E-state index >= 15 is 0 Å². The van der Waals surface area contributed by atoms with Crippen LogP contribution in [0.3, 0.4) is 0 Å². The minimum absolute atomic E-state index is 0.0881. The van der Waals surface area contributed by atoms with Crippen LogP contribution < -0.4 is 16.4 Å². The van der Waals surface area contributed by atoms with E-state index in [1.165, 1.54) is 6.07 Å². The van der Waals surface area contributed by atoms with Crippen LogP contribution in [0.15, 0.2) is 36.4 Å². The first-order valence-electron chi connectivity index (χ1n) is 12.0. The van der Waals surface area contributed by atoms with E-state index < -0.39 is 44.4 Å². The van der Waals surface area contributed by atoms with E-state index in [2.05, 4.69) is 27.4 Å². The minimum atomic E-state index is -3.89. The Bertz CT molecular complexity index is 1070. The highest BCUT2D eigenvalue weighted by atomic mass is 28.4. The predicted molar refractivity (Wildman–Crippen MR) is 134 cm³/mol. The average molecular weight is 502 g/mol. The smallest absolute Gasteiger partial charge is 0.370 e. The van der Waals surface area contributed by atoms with Gasteiger partial charge in [0.05, 0.1) is 17.6 Å². The number of benzene rings is 1. The molecule has 3 amide bonds. The van der Waals surface area contributed by atoms with Gasteiger partial charge in [-0.1, -0.05) is 37.6 Å². The van der Waals surface area contributed by atoms with E-state index in [0.29, 0.717) is 5.52 Å². The maximum absolute atomic E-state index is 13.1. The number of nitrogens with one attached hydrogen (secondary N) is 2. The maximum atomic E-state index is 13.1. The number of likely N-dealkylation sites (tertiary alicyclic amines) is 1. The highest BCUT2D eigenvalue weighted by Crippen LogP contribution is 2.19. The first-order chi connectivity index (χ1) is 16.6. The van der Waals surface area contributed by atoms with Crippen molar-refractivity contribution in [2.24, 2.45) is 5.73 Å². The summed E-state index contributed by atoms with van der Waals surface area (Å²) in [6.07, 6.45) is 3.06. The Balaban J connectivity index is 1.71. The lowest BCUT2D eigenvalue weighted by Crippen LogP contribution is -2.65. The lowest BCUT2D eigenvalue weighted by atomic mass is 10.1. The van der Waals surface area contributed by atoms with Gasteiger partial charge < -0.3 is 26.0 Å². The number of hydrogen-bond acceptors (Lipinski definition) is 7. The van der Waals surface area contributed by atoms with Crippen LogP contribution >= 0.6 is 0 Å². The van der Waals surface area contributed by atoms with Crippen molar-refractivity contribution >= 4 is 37.2 Å². The molecule has 1 aromatic carbocycles. The van der Waals surface area contributed by atoms with Gasteiger partial charge in [0.15, 0.2) is 0 Å². The lowest BCUT2D eigenvalue weighted by molar-refractivity contribution is -0.127. The van der Waals surface area contributed by atoms with Crippen LogP contribution in [-0.4, -0.2) is 76.2 Å². The van der Waals surface area contributed by atoms with Crippen molar-refractivity contribution in [1.82, 2.24) is 20.5 Å². The molecule has 1 saturated heterocycles. The number of nitrogens with two attached hydrogens (primary N) is 1. The molecule has 0 radical (unpaired) electrons. The summed E-state index contributed by atoms with van der Waals surface area (Å²) in [5.74, 6) is -2.11. The number of carbonyl (C=O) groups excluding carboxylic acids is 3. The van der Waals surface area contributed by atoms with Gasteiger partial charge in [-0.3, -0.25) is 19.3 Å². The van der Waals surface area contributed by atoms with Crippen molar-refractivity contribution in [2.45, 2.75) is 63.7 Å². The number of para-hydroxylation sites is 1. The second kappa shape index (κ2) is 11.7. The van der Waals surface area contributed by atoms with Crippen LogP contribution in [0.25, 0.3) is 10.9 Å². The number of pyridine rings is 1. The molecule has 10 nitrogen and oxygen atoms in total. The Kier molecular flexibility index (Phi) is 8.95. The molecular formula is C24H35N5O5Si. The fourth-order valence-corrected chi connectivity index (χ4v) is 6.77. The first-order valence-corrected chi connectivity index (χ1v) is 14.2. The van der Waals surface area contributed by atoms with Gasteiger partial charge in [-0.25, -0.2) is 4.98 Å². The third-order valence-electron chi connectivity index (χ3n) is 6.52. The molecule has 2 aromatic rings. The fraction of sp³-hybridized carbons (Fsp3) is 0.500. The molecule has 0 spiro atoms. The molecule has 1 aliphatic heterocycles. The number of amides is 3. The maximum Gasteiger partial charge on any atom is 0.370 e. The minimum Gasteiger partial charge on any atom is -0.409 e. The van der Waals surface area contributed by atoms with E-state index in [1.807, 2.05) is 12.1 Å². The van der Waals surface area contributed by atoms with Gasteiger partial charge in [0.2, 0.25) is 11.8 Å². The standard InChI is InChI=1S/C24H35N5O5Si/c1-3-22(35(33,34)15-29-13-7-6-8-16(29)2)28-24(32)20(14-21(25)30)27-23(31)19-12-11-17-9-4-5-10-18(17)26-19/h4-5,9-12,16,20,22,33-34H,3,6-8,13-15H2,1-2H3,(H2,25,30)(H,27,31)(H,28,32). The molecule has 190 valence electrons. The number of aromatic nitrogens is 1. The van der Waals surface area contributed by atoms with Gasteiger partial charge in [-0.15, -0.1) is 0 Å². The van der Waals surface area contributed by atoms with Crippen molar-refractivity contribution in [2.75, 3.05) is 12.7 Å². The number of primary amides is 1. The van der Waals surface area contributed by atoms with E-state index in [9.17, 15) is 24.0 Å². The third-order valence-corrected chi connectivity index (χ3v) is 9.06. The first kappa shape index (κ1) is 26.7. The van der Waals surface area contributed by atoms with Crippen LogP contribution in [0.4, 0.5) is 0 Å². The zero-order valence-electron chi connectivity index (χ0n) is 20.2. The van der Waals surface area contributed by atoms with Crippen molar-refractivity contribution < 1.29 is 24.0 Å². The van der Waals surface area contributed by atoms with E-state index in [4.69, 9.17) is 5.73 Å². The normalized spacial score (nSPS) is 18.6. The molecule has 3 rings (SSSR count). The van der Waals surface area contributed by atoms with Gasteiger partial charge in [0.25, 0.3) is 5.91 Å². The Morgan fingerprint density at radius 3 is 2.60 bits per heavy atom. The quantitative estimate of drug-likeness (QED) is 0.296. The Morgan fingerprint density at radius 1 is 1.17 bits per heavy atom. The molecule has 0 saturated carbocycles. The lowest BCUT2D eigenvalue weighted by Gasteiger charge is -2.38. The summed E-state index contributed by atoms with van der Waals surface area (Å²) in [4.78, 5) is 65.8. The second-order valence-corrected chi connectivity index (χ2v) is 12.0. The molecule has 2 heterocycles. The Morgan fingerprint density at radius 2 is 1.91 bits per heavy atom. The van der Waals surface area contributed by atoms with Gasteiger partial charge in [-0.05, 0) is 44.9 Å². The molecule has 3 atom stereocenters. The van der Waals surface area contributed by atoms with Crippen LogP contribution in [0, 0.1) is 0 Å². The van der Waals surface area contributed by atoms with Gasteiger partial charge in [-0.2, -0.15) is 0 Å². The number of rotatable bonds is 10. The number of fused-ring (bicyclic) bond motifs is 1. The topological polar surface area (TPSA) is 158 Å². The van der Waals surface area contributed by atoms with Crippen LogP contribution in [0.2, 0.25) is 0 Å². The van der Waals surface area contributed by atoms with Crippen LogP contribution in [-0.2, 0) is 9.59 Å². The molecule has 1 fully saturated rings. The summed E-state index contributed by atoms with van der Waals surface area (Å²) >= 11 is 0. The molecule has 1 aromatic heterocycles. The van der Waals surface area contributed by atoms with E-state index in [0.717, 1.165) is 31.2 Å². The molecule has 11 heteroatoms. The molecule has 0 aliphatic carbocycles. The summed E-state index contributed by atoms with van der Waals surface area (Å²) in [6.45, 7) is 4.59. The highest BCUT2D eigenvalue weighted by molar-refractivity contribution is 6.66. The molecule has 0 bridgehead atoms. The van der Waals surface area contributed by atoms with Crippen LogP contribution in [0.1, 0.15) is 56.4 Å². The van der Waals surface area contributed by atoms with Gasteiger partial charge >= 0.3 is 8.56 Å². The molecule has 1 aliphatic rings.